The third-order valence-corrected chi connectivity index (χ3v) is 7.79. The standard InChI is InChI=1S/C22H28Si/c1-21(2,3)15-17-23(18-16-22(4,5)6,19-11-7-8-12-19)20-13-9-10-14-20/h7-14,19-20H,1-6H3. The molecule has 2 aliphatic carbocycles. The van der Waals surface area contributed by atoms with E-state index in [1.165, 1.54) is 0 Å². The molecule has 0 aliphatic heterocycles. The topological polar surface area (TPSA) is 0 Å². The molecule has 0 nitrogen and oxygen atoms in total. The van der Waals surface area contributed by atoms with Crippen molar-refractivity contribution in [3.05, 3.63) is 48.6 Å². The van der Waals surface area contributed by atoms with Crippen molar-refractivity contribution >= 4 is 8.07 Å². The van der Waals surface area contributed by atoms with Crippen LogP contribution in [0.2, 0.25) is 11.1 Å². The molecule has 0 saturated heterocycles. The predicted octanol–water partition coefficient (Wildman–Crippen LogP) is 5.61. The van der Waals surface area contributed by atoms with Crippen LogP contribution in [0, 0.1) is 33.8 Å². The van der Waals surface area contributed by atoms with Gasteiger partial charge in [0.25, 0.3) is 0 Å². The van der Waals surface area contributed by atoms with Crippen molar-refractivity contribution in [2.45, 2.75) is 52.6 Å². The second-order valence-corrected chi connectivity index (χ2v) is 12.0. The van der Waals surface area contributed by atoms with Crippen LogP contribution >= 0.6 is 0 Å². The van der Waals surface area contributed by atoms with Gasteiger partial charge in [0.1, 0.15) is 0 Å². The van der Waals surface area contributed by atoms with Crippen molar-refractivity contribution in [1.29, 1.82) is 0 Å². The molecule has 0 bridgehead atoms. The third kappa shape index (κ3) is 4.63. The van der Waals surface area contributed by atoms with Gasteiger partial charge in [-0.15, -0.1) is 22.9 Å². The highest BCUT2D eigenvalue weighted by atomic mass is 28.3. The van der Waals surface area contributed by atoms with Crippen LogP contribution in [-0.2, 0) is 0 Å². The molecule has 1 heteroatoms. The fraction of sp³-hybridized carbons (Fsp3) is 0.455. The van der Waals surface area contributed by atoms with Crippen molar-refractivity contribution in [3.8, 4) is 22.9 Å². The lowest BCUT2D eigenvalue weighted by Gasteiger charge is -2.30. The molecular weight excluding hydrogens is 292 g/mol. The summed E-state index contributed by atoms with van der Waals surface area (Å²) >= 11 is 0. The van der Waals surface area contributed by atoms with Gasteiger partial charge >= 0.3 is 0 Å². The van der Waals surface area contributed by atoms with Gasteiger partial charge in [0.05, 0.1) is 0 Å². The van der Waals surface area contributed by atoms with E-state index in [1.807, 2.05) is 0 Å². The van der Waals surface area contributed by atoms with Gasteiger partial charge in [0.2, 0.25) is 8.07 Å². The molecule has 0 atom stereocenters. The molecule has 23 heavy (non-hydrogen) atoms. The Kier molecular flexibility index (Phi) is 4.93. The monoisotopic (exact) mass is 320 g/mol. The van der Waals surface area contributed by atoms with Crippen LogP contribution in [0.4, 0.5) is 0 Å². The zero-order valence-electron chi connectivity index (χ0n) is 15.3. The van der Waals surface area contributed by atoms with Gasteiger partial charge in [-0.3, -0.25) is 0 Å². The van der Waals surface area contributed by atoms with Gasteiger partial charge in [-0.1, -0.05) is 48.6 Å². The molecule has 0 aromatic heterocycles. The minimum atomic E-state index is -2.22. The number of hydrogen-bond acceptors (Lipinski definition) is 0. The Labute approximate surface area is 143 Å². The maximum atomic E-state index is 3.74. The zero-order valence-corrected chi connectivity index (χ0v) is 16.3. The highest BCUT2D eigenvalue weighted by molar-refractivity contribution is 6.98. The summed E-state index contributed by atoms with van der Waals surface area (Å²) in [7, 11) is -2.22. The summed E-state index contributed by atoms with van der Waals surface area (Å²) < 4.78 is 0. The molecule has 0 fully saturated rings. The average Bonchev–Trinajstić information content (AvgIpc) is 3.10. The van der Waals surface area contributed by atoms with Crippen LogP contribution in [0.15, 0.2) is 48.6 Å². The van der Waals surface area contributed by atoms with Crippen molar-refractivity contribution < 1.29 is 0 Å². The SMILES string of the molecule is CC(C)(C)C#C[Si](C#CC(C)(C)C)(C1C=CC=C1)C1C=CC=C1. The highest BCUT2D eigenvalue weighted by Gasteiger charge is 2.44. The van der Waals surface area contributed by atoms with Crippen LogP contribution in [0.1, 0.15) is 41.5 Å². The summed E-state index contributed by atoms with van der Waals surface area (Å²) in [4.78, 5) is 0. The summed E-state index contributed by atoms with van der Waals surface area (Å²) in [5, 5.41) is 0. The summed E-state index contributed by atoms with van der Waals surface area (Å²) in [6, 6.07) is 0. The van der Waals surface area contributed by atoms with Crippen LogP contribution in [0.3, 0.4) is 0 Å². The first-order chi connectivity index (χ1) is 10.6. The Bertz CT molecular complexity index is 593. The van der Waals surface area contributed by atoms with E-state index in [4.69, 9.17) is 0 Å². The quantitative estimate of drug-likeness (QED) is 0.458. The summed E-state index contributed by atoms with van der Waals surface area (Å²) in [6.07, 6.45) is 17.8. The van der Waals surface area contributed by atoms with Crippen LogP contribution in [0.25, 0.3) is 0 Å². The van der Waals surface area contributed by atoms with E-state index in [-0.39, 0.29) is 10.8 Å². The fourth-order valence-corrected chi connectivity index (χ4v) is 6.64. The molecule has 0 amide bonds. The summed E-state index contributed by atoms with van der Waals surface area (Å²) in [5.74, 6) is 7.05. The van der Waals surface area contributed by atoms with Crippen molar-refractivity contribution in [2.24, 2.45) is 10.8 Å². The molecule has 2 aliphatic rings. The van der Waals surface area contributed by atoms with Crippen LogP contribution < -0.4 is 0 Å². The third-order valence-electron chi connectivity index (χ3n) is 3.84. The molecule has 0 heterocycles. The van der Waals surface area contributed by atoms with Gasteiger partial charge in [0.15, 0.2) is 0 Å². The Morgan fingerprint density at radius 2 is 0.913 bits per heavy atom. The van der Waals surface area contributed by atoms with Crippen molar-refractivity contribution in [1.82, 2.24) is 0 Å². The maximum Gasteiger partial charge on any atom is 0.237 e. The van der Waals surface area contributed by atoms with E-state index in [0.717, 1.165) is 0 Å². The second kappa shape index (κ2) is 6.43. The first kappa shape index (κ1) is 17.6. The summed E-state index contributed by atoms with van der Waals surface area (Å²) in [6.45, 7) is 13.1. The Balaban J connectivity index is 2.61. The Morgan fingerprint density at radius 1 is 0.609 bits per heavy atom. The minimum absolute atomic E-state index is 0.000270. The van der Waals surface area contributed by atoms with E-state index < -0.39 is 8.07 Å². The van der Waals surface area contributed by atoms with Gasteiger partial charge < -0.3 is 0 Å². The van der Waals surface area contributed by atoms with E-state index in [2.05, 4.69) is 113 Å². The van der Waals surface area contributed by atoms with E-state index in [9.17, 15) is 0 Å². The Morgan fingerprint density at radius 3 is 1.17 bits per heavy atom. The molecule has 120 valence electrons. The molecule has 0 unspecified atom stereocenters. The first-order valence-corrected chi connectivity index (χ1v) is 10.6. The lowest BCUT2D eigenvalue weighted by Crippen LogP contribution is -2.40. The highest BCUT2D eigenvalue weighted by Crippen LogP contribution is 2.40. The smallest absolute Gasteiger partial charge is 0.113 e. The largest absolute Gasteiger partial charge is 0.237 e. The average molecular weight is 321 g/mol. The van der Waals surface area contributed by atoms with Gasteiger partial charge in [-0.2, -0.15) is 0 Å². The number of allylic oxidation sites excluding steroid dienone is 8. The number of rotatable bonds is 2. The molecule has 0 radical (unpaired) electrons. The van der Waals surface area contributed by atoms with E-state index in [1.54, 1.807) is 0 Å². The van der Waals surface area contributed by atoms with Gasteiger partial charge in [-0.05, 0) is 41.5 Å². The van der Waals surface area contributed by atoms with E-state index in [0.29, 0.717) is 11.1 Å². The predicted molar refractivity (Wildman–Crippen MR) is 104 cm³/mol. The van der Waals surface area contributed by atoms with Crippen molar-refractivity contribution in [2.75, 3.05) is 0 Å². The molecule has 0 saturated carbocycles. The molecule has 0 aromatic carbocycles. The second-order valence-electron chi connectivity index (χ2n) is 8.46. The minimum Gasteiger partial charge on any atom is -0.113 e. The van der Waals surface area contributed by atoms with Crippen LogP contribution in [-0.4, -0.2) is 8.07 Å². The number of hydrogen-bond donors (Lipinski definition) is 0. The molecule has 0 N–H and O–H groups in total. The summed E-state index contributed by atoms with van der Waals surface area (Å²) in [5.41, 5.74) is 8.21. The lowest BCUT2D eigenvalue weighted by molar-refractivity contribution is 0.571. The molecule has 2 rings (SSSR count). The maximum absolute atomic E-state index is 3.74. The lowest BCUT2D eigenvalue weighted by atomic mass is 9.99. The van der Waals surface area contributed by atoms with E-state index >= 15 is 0 Å². The molecule has 0 aromatic rings. The van der Waals surface area contributed by atoms with Crippen molar-refractivity contribution in [3.63, 3.8) is 0 Å². The zero-order chi connectivity index (χ0) is 17.1. The normalized spacial score (nSPS) is 18.0. The first-order valence-electron chi connectivity index (χ1n) is 8.41. The van der Waals surface area contributed by atoms with Gasteiger partial charge in [0, 0.05) is 21.9 Å². The molecular formula is C22H28Si. The molecule has 0 spiro atoms. The fourth-order valence-electron chi connectivity index (χ4n) is 2.64. The van der Waals surface area contributed by atoms with Gasteiger partial charge in [-0.25, -0.2) is 0 Å². The Hall–Kier alpha value is -1.70. The van der Waals surface area contributed by atoms with Crippen LogP contribution in [0.5, 0.6) is 0 Å².